The predicted octanol–water partition coefficient (Wildman–Crippen LogP) is 3.34. The number of amides is 1. The summed E-state index contributed by atoms with van der Waals surface area (Å²) in [5.74, 6) is 0.779. The van der Waals surface area contributed by atoms with Crippen LogP contribution in [0.2, 0.25) is 0 Å². The number of nitrogens with zero attached hydrogens (tertiary/aromatic N) is 2. The van der Waals surface area contributed by atoms with Crippen molar-refractivity contribution in [3.05, 3.63) is 27.1 Å². The number of hydrogen-bond acceptors (Lipinski definition) is 3. The van der Waals surface area contributed by atoms with Crippen molar-refractivity contribution in [1.29, 1.82) is 0 Å². The molecule has 0 atom stereocenters. The molecule has 1 saturated carbocycles. The number of rotatable bonds is 3. The fourth-order valence-corrected chi connectivity index (χ4v) is 3.61. The van der Waals surface area contributed by atoms with Gasteiger partial charge in [-0.1, -0.05) is 20.8 Å². The molecular formula is C18H27BrN2O3. The van der Waals surface area contributed by atoms with Gasteiger partial charge < -0.3 is 14.2 Å². The van der Waals surface area contributed by atoms with E-state index < -0.39 is 0 Å². The van der Waals surface area contributed by atoms with Crippen molar-refractivity contribution in [1.82, 2.24) is 9.47 Å². The molecule has 1 heterocycles. The molecule has 0 aliphatic heterocycles. The minimum absolute atomic E-state index is 0.0857. The lowest BCUT2D eigenvalue weighted by Gasteiger charge is -2.37. The Morgan fingerprint density at radius 3 is 2.42 bits per heavy atom. The number of hydrogen-bond donors (Lipinski definition) is 0. The maximum absolute atomic E-state index is 12.4. The van der Waals surface area contributed by atoms with Gasteiger partial charge in [-0.05, 0) is 41.6 Å². The Morgan fingerprint density at radius 2 is 1.88 bits per heavy atom. The van der Waals surface area contributed by atoms with Crippen LogP contribution >= 0.6 is 15.9 Å². The minimum atomic E-state index is -0.350. The Bertz CT molecular complexity index is 655. The van der Waals surface area contributed by atoms with Crippen LogP contribution in [0.3, 0.4) is 0 Å². The van der Waals surface area contributed by atoms with Gasteiger partial charge in [0.25, 0.3) is 5.56 Å². The summed E-state index contributed by atoms with van der Waals surface area (Å²) in [6.07, 6.45) is 5.42. The van der Waals surface area contributed by atoms with Crippen LogP contribution in [0.15, 0.2) is 21.5 Å². The van der Waals surface area contributed by atoms with Crippen LogP contribution in [0.1, 0.15) is 46.5 Å². The number of carbonyl (C=O) groups is 1. The van der Waals surface area contributed by atoms with Gasteiger partial charge in [-0.25, -0.2) is 0 Å². The van der Waals surface area contributed by atoms with Crippen molar-refractivity contribution >= 4 is 21.8 Å². The smallest absolute Gasteiger partial charge is 0.254 e. The van der Waals surface area contributed by atoms with Crippen LogP contribution in [0, 0.1) is 5.41 Å². The van der Waals surface area contributed by atoms with E-state index in [0.29, 0.717) is 5.75 Å². The van der Waals surface area contributed by atoms with Gasteiger partial charge in [-0.3, -0.25) is 9.59 Å². The van der Waals surface area contributed by atoms with Crippen molar-refractivity contribution in [2.24, 2.45) is 12.5 Å². The third kappa shape index (κ3) is 4.41. The van der Waals surface area contributed by atoms with E-state index in [-0.39, 0.29) is 29.0 Å². The zero-order valence-corrected chi connectivity index (χ0v) is 16.7. The summed E-state index contributed by atoms with van der Waals surface area (Å²) in [6.45, 7) is 5.86. The number of ether oxygens (including phenoxy) is 1. The highest BCUT2D eigenvalue weighted by molar-refractivity contribution is 9.10. The Labute approximate surface area is 152 Å². The van der Waals surface area contributed by atoms with Crippen molar-refractivity contribution in [2.45, 2.75) is 58.6 Å². The van der Waals surface area contributed by atoms with Crippen LogP contribution in [-0.4, -0.2) is 34.6 Å². The Morgan fingerprint density at radius 1 is 1.29 bits per heavy atom. The normalized spacial score (nSPS) is 21.4. The molecule has 1 aliphatic carbocycles. The molecule has 24 heavy (non-hydrogen) atoms. The van der Waals surface area contributed by atoms with Crippen LogP contribution < -0.4 is 10.3 Å². The Balaban J connectivity index is 1.95. The molecule has 0 bridgehead atoms. The molecule has 6 heteroatoms. The molecule has 2 rings (SSSR count). The van der Waals surface area contributed by atoms with Crippen molar-refractivity contribution in [2.75, 3.05) is 7.05 Å². The summed E-state index contributed by atoms with van der Waals surface area (Å²) in [4.78, 5) is 26.1. The largest absolute Gasteiger partial charge is 0.489 e. The molecule has 1 amide bonds. The van der Waals surface area contributed by atoms with Gasteiger partial charge in [0, 0.05) is 37.8 Å². The monoisotopic (exact) mass is 398 g/mol. The van der Waals surface area contributed by atoms with Gasteiger partial charge in [-0.2, -0.15) is 0 Å². The maximum atomic E-state index is 12.4. The lowest BCUT2D eigenvalue weighted by atomic mass is 9.89. The molecule has 0 aromatic carbocycles. The molecule has 1 aromatic rings. The molecule has 1 aromatic heterocycles. The molecule has 1 aliphatic rings. The number of aromatic nitrogens is 1. The van der Waals surface area contributed by atoms with Crippen molar-refractivity contribution < 1.29 is 9.53 Å². The molecule has 1 fully saturated rings. The van der Waals surface area contributed by atoms with Crippen LogP contribution in [0.4, 0.5) is 0 Å². The second kappa shape index (κ2) is 7.30. The van der Waals surface area contributed by atoms with Gasteiger partial charge in [0.1, 0.15) is 5.75 Å². The van der Waals surface area contributed by atoms with Crippen molar-refractivity contribution in [3.8, 4) is 5.75 Å². The minimum Gasteiger partial charge on any atom is -0.489 e. The SMILES string of the molecule is Cn1cc(Br)c(O[C@H]2CC[C@H](N(C)C(=O)C(C)(C)C)CC2)cc1=O. The van der Waals surface area contributed by atoms with E-state index in [2.05, 4.69) is 15.9 Å². The van der Waals surface area contributed by atoms with E-state index in [1.807, 2.05) is 32.7 Å². The first kappa shape index (κ1) is 19.0. The van der Waals surface area contributed by atoms with E-state index in [1.54, 1.807) is 13.2 Å². The zero-order chi connectivity index (χ0) is 18.1. The van der Waals surface area contributed by atoms with Crippen LogP contribution in [0.5, 0.6) is 5.75 Å². The molecular weight excluding hydrogens is 372 g/mol. The third-order valence-electron chi connectivity index (χ3n) is 4.59. The summed E-state index contributed by atoms with van der Waals surface area (Å²) in [5, 5.41) is 0. The van der Waals surface area contributed by atoms with E-state index in [4.69, 9.17) is 4.74 Å². The molecule has 0 unspecified atom stereocenters. The van der Waals surface area contributed by atoms with Gasteiger partial charge in [0.15, 0.2) is 0 Å². The molecule has 5 nitrogen and oxygen atoms in total. The van der Waals surface area contributed by atoms with Gasteiger partial charge >= 0.3 is 0 Å². The van der Waals surface area contributed by atoms with E-state index >= 15 is 0 Å². The summed E-state index contributed by atoms with van der Waals surface area (Å²) >= 11 is 3.45. The fourth-order valence-electron chi connectivity index (χ4n) is 3.10. The third-order valence-corrected chi connectivity index (χ3v) is 5.19. The number of aryl methyl sites for hydroxylation is 1. The number of carbonyl (C=O) groups excluding carboxylic acids is 1. The standard InChI is InChI=1S/C18H27BrN2O3/c1-18(2,3)17(23)21(5)12-6-8-13(9-7-12)24-15-10-16(22)20(4)11-14(15)19/h10-13H,6-9H2,1-5H3/t12-,13-. The van der Waals surface area contributed by atoms with Gasteiger partial charge in [0.05, 0.1) is 10.6 Å². The highest BCUT2D eigenvalue weighted by atomic mass is 79.9. The number of pyridine rings is 1. The summed E-state index contributed by atoms with van der Waals surface area (Å²) < 4.78 is 8.31. The lowest BCUT2D eigenvalue weighted by molar-refractivity contribution is -0.141. The first-order valence-electron chi connectivity index (χ1n) is 8.39. The van der Waals surface area contributed by atoms with E-state index in [9.17, 15) is 9.59 Å². The summed E-state index contributed by atoms with van der Waals surface area (Å²) in [5.41, 5.74) is -0.436. The van der Waals surface area contributed by atoms with Gasteiger partial charge in [-0.15, -0.1) is 0 Å². The van der Waals surface area contributed by atoms with Crippen LogP contribution in [-0.2, 0) is 11.8 Å². The quantitative estimate of drug-likeness (QED) is 0.784. The van der Waals surface area contributed by atoms with Gasteiger partial charge in [0.2, 0.25) is 5.91 Å². The predicted molar refractivity (Wildman–Crippen MR) is 98.3 cm³/mol. The molecule has 0 spiro atoms. The first-order valence-corrected chi connectivity index (χ1v) is 9.19. The molecule has 0 saturated heterocycles. The molecule has 0 N–H and O–H groups in total. The zero-order valence-electron chi connectivity index (χ0n) is 15.1. The second-order valence-electron chi connectivity index (χ2n) is 7.65. The van der Waals surface area contributed by atoms with E-state index in [1.165, 1.54) is 10.6 Å². The summed E-state index contributed by atoms with van der Waals surface area (Å²) in [7, 11) is 3.61. The topological polar surface area (TPSA) is 51.5 Å². The lowest BCUT2D eigenvalue weighted by Crippen LogP contribution is -2.45. The summed E-state index contributed by atoms with van der Waals surface area (Å²) in [6, 6.07) is 1.79. The van der Waals surface area contributed by atoms with E-state index in [0.717, 1.165) is 30.2 Å². The van der Waals surface area contributed by atoms with Crippen molar-refractivity contribution in [3.63, 3.8) is 0 Å². The maximum Gasteiger partial charge on any atom is 0.254 e. The molecule has 0 radical (unpaired) electrons. The Hall–Kier alpha value is -1.30. The number of halogens is 1. The average molecular weight is 399 g/mol. The average Bonchev–Trinajstić information content (AvgIpc) is 2.51. The molecule has 134 valence electrons. The Kier molecular flexibility index (Phi) is 5.78. The van der Waals surface area contributed by atoms with Crippen LogP contribution in [0.25, 0.3) is 0 Å². The fraction of sp³-hybridized carbons (Fsp3) is 0.667. The first-order chi connectivity index (χ1) is 11.1. The highest BCUT2D eigenvalue weighted by Crippen LogP contribution is 2.30. The highest BCUT2D eigenvalue weighted by Gasteiger charge is 2.32. The second-order valence-corrected chi connectivity index (χ2v) is 8.50.